The Kier molecular flexibility index (Phi) is 2.86. The third-order valence-electron chi connectivity index (χ3n) is 2.24. The van der Waals surface area contributed by atoms with Gasteiger partial charge < -0.3 is 0 Å². The van der Waals surface area contributed by atoms with Crippen LogP contribution in [0.1, 0.15) is 5.56 Å². The Balaban J connectivity index is 2.52. The summed E-state index contributed by atoms with van der Waals surface area (Å²) >= 11 is 0.920. The number of nitrogens with zero attached hydrogens (tertiary/aromatic N) is 1. The summed E-state index contributed by atoms with van der Waals surface area (Å²) in [6.07, 6.45) is -4.54. The molecule has 90 valence electrons. The molecule has 3 nitrogen and oxygen atoms in total. The van der Waals surface area contributed by atoms with Crippen LogP contribution in [0.15, 0.2) is 24.3 Å². The Morgan fingerprint density at radius 1 is 1.29 bits per heavy atom. The number of halogens is 3. The van der Waals surface area contributed by atoms with Gasteiger partial charge in [0.15, 0.2) is 5.17 Å². The maximum Gasteiger partial charge on any atom is 0.418 e. The first-order valence-corrected chi connectivity index (χ1v) is 5.60. The zero-order valence-electron chi connectivity index (χ0n) is 8.41. The van der Waals surface area contributed by atoms with Crippen LogP contribution in [0, 0.1) is 5.41 Å². The molecule has 7 heteroatoms. The van der Waals surface area contributed by atoms with Gasteiger partial charge in [-0.1, -0.05) is 23.9 Å². The van der Waals surface area contributed by atoms with Crippen LogP contribution in [0.4, 0.5) is 18.9 Å². The van der Waals surface area contributed by atoms with Gasteiger partial charge in [0.05, 0.1) is 17.0 Å². The smallest absolute Gasteiger partial charge is 0.278 e. The fraction of sp³-hybridized carbons (Fsp3) is 0.200. The second kappa shape index (κ2) is 4.06. The van der Waals surface area contributed by atoms with Crippen molar-refractivity contribution in [3.05, 3.63) is 29.8 Å². The summed E-state index contributed by atoms with van der Waals surface area (Å²) in [5, 5.41) is 7.30. The summed E-state index contributed by atoms with van der Waals surface area (Å²) in [7, 11) is 0. The Morgan fingerprint density at radius 2 is 1.94 bits per heavy atom. The second-order valence-corrected chi connectivity index (χ2v) is 4.30. The minimum absolute atomic E-state index is 0.00498. The van der Waals surface area contributed by atoms with E-state index in [1.807, 2.05) is 0 Å². The first-order valence-electron chi connectivity index (χ1n) is 4.62. The van der Waals surface area contributed by atoms with E-state index in [4.69, 9.17) is 5.41 Å². The summed E-state index contributed by atoms with van der Waals surface area (Å²) < 4.78 is 38.2. The molecule has 1 fully saturated rings. The molecule has 0 spiro atoms. The molecule has 0 bridgehead atoms. The Morgan fingerprint density at radius 3 is 2.47 bits per heavy atom. The van der Waals surface area contributed by atoms with Gasteiger partial charge in [0.1, 0.15) is 0 Å². The van der Waals surface area contributed by atoms with E-state index in [1.165, 1.54) is 18.2 Å². The number of carbonyl (C=O) groups is 1. The molecule has 0 radical (unpaired) electrons. The molecule has 1 aliphatic heterocycles. The number of amides is 1. The van der Waals surface area contributed by atoms with Gasteiger partial charge in [-0.05, 0) is 12.1 Å². The lowest BCUT2D eigenvalue weighted by Crippen LogP contribution is -2.30. The Labute approximate surface area is 99.1 Å². The zero-order valence-corrected chi connectivity index (χ0v) is 9.23. The monoisotopic (exact) mass is 260 g/mol. The highest BCUT2D eigenvalue weighted by Gasteiger charge is 2.38. The number of rotatable bonds is 1. The maximum absolute atomic E-state index is 12.7. The van der Waals surface area contributed by atoms with Crippen molar-refractivity contribution in [2.45, 2.75) is 6.18 Å². The topological polar surface area (TPSA) is 44.2 Å². The fourth-order valence-electron chi connectivity index (χ4n) is 1.52. The largest absolute Gasteiger partial charge is 0.418 e. The van der Waals surface area contributed by atoms with Crippen LogP contribution in [0.3, 0.4) is 0 Å². The van der Waals surface area contributed by atoms with Crippen LogP contribution in [-0.2, 0) is 11.0 Å². The molecule has 1 aliphatic rings. The third kappa shape index (κ3) is 2.14. The SMILES string of the molecule is N=C1SCC(=O)N1c1ccccc1C(F)(F)F. The molecule has 1 aromatic rings. The zero-order chi connectivity index (χ0) is 12.6. The minimum atomic E-state index is -4.54. The third-order valence-corrected chi connectivity index (χ3v) is 3.08. The number of carbonyl (C=O) groups excluding carboxylic acids is 1. The fourth-order valence-corrected chi connectivity index (χ4v) is 2.24. The average molecular weight is 260 g/mol. The highest BCUT2D eigenvalue weighted by atomic mass is 32.2. The van der Waals surface area contributed by atoms with Crippen LogP contribution < -0.4 is 4.90 Å². The van der Waals surface area contributed by atoms with E-state index in [-0.39, 0.29) is 16.6 Å². The van der Waals surface area contributed by atoms with E-state index in [0.29, 0.717) is 0 Å². The number of hydrogen-bond acceptors (Lipinski definition) is 3. The number of para-hydroxylation sites is 1. The highest BCUT2D eigenvalue weighted by molar-refractivity contribution is 8.15. The average Bonchev–Trinajstić information content (AvgIpc) is 2.57. The van der Waals surface area contributed by atoms with Crippen molar-refractivity contribution < 1.29 is 18.0 Å². The first-order chi connectivity index (χ1) is 7.91. The maximum atomic E-state index is 12.7. The minimum Gasteiger partial charge on any atom is -0.278 e. The van der Waals surface area contributed by atoms with Crippen molar-refractivity contribution in [3.8, 4) is 0 Å². The lowest BCUT2D eigenvalue weighted by molar-refractivity contribution is -0.137. The van der Waals surface area contributed by atoms with Crippen LogP contribution in [-0.4, -0.2) is 16.8 Å². The number of hydrogen-bond donors (Lipinski definition) is 1. The molecule has 1 N–H and O–H groups in total. The summed E-state index contributed by atoms with van der Waals surface area (Å²) in [4.78, 5) is 12.3. The van der Waals surface area contributed by atoms with Crippen LogP contribution >= 0.6 is 11.8 Å². The second-order valence-electron chi connectivity index (χ2n) is 3.34. The van der Waals surface area contributed by atoms with Crippen molar-refractivity contribution in [1.29, 1.82) is 5.41 Å². The van der Waals surface area contributed by atoms with E-state index in [2.05, 4.69) is 0 Å². The van der Waals surface area contributed by atoms with Gasteiger partial charge in [0.2, 0.25) is 5.91 Å². The molecule has 1 saturated heterocycles. The molecule has 0 atom stereocenters. The lowest BCUT2D eigenvalue weighted by Gasteiger charge is -2.20. The summed E-state index contributed by atoms with van der Waals surface area (Å²) in [5.41, 5.74) is -1.18. The van der Waals surface area contributed by atoms with Crippen LogP contribution in [0.2, 0.25) is 0 Å². The van der Waals surface area contributed by atoms with E-state index < -0.39 is 17.6 Å². The van der Waals surface area contributed by atoms with Gasteiger partial charge in [0.25, 0.3) is 0 Å². The molecule has 17 heavy (non-hydrogen) atoms. The van der Waals surface area contributed by atoms with Gasteiger partial charge in [-0.2, -0.15) is 13.2 Å². The summed E-state index contributed by atoms with van der Waals surface area (Å²) in [5.74, 6) is -0.498. The first kappa shape index (κ1) is 12.0. The van der Waals surface area contributed by atoms with Gasteiger partial charge in [-0.25, -0.2) is 0 Å². The molecular formula is C10H7F3N2OS. The van der Waals surface area contributed by atoms with Crippen molar-refractivity contribution >= 4 is 28.5 Å². The molecule has 0 aromatic heterocycles. The quantitative estimate of drug-likeness (QED) is 0.843. The Bertz CT molecular complexity index is 471. The normalized spacial score (nSPS) is 16.8. The molecule has 0 aliphatic carbocycles. The summed E-state index contributed by atoms with van der Waals surface area (Å²) in [6, 6.07) is 4.76. The van der Waals surface area contributed by atoms with Gasteiger partial charge in [0, 0.05) is 0 Å². The number of anilines is 1. The number of amidine groups is 1. The standard InChI is InChI=1S/C10H7F3N2OS/c11-10(12,13)6-3-1-2-4-7(6)15-8(16)5-17-9(15)14/h1-4,14H,5H2. The molecule has 0 unspecified atom stereocenters. The van der Waals surface area contributed by atoms with E-state index in [1.54, 1.807) is 0 Å². The molecular weight excluding hydrogens is 253 g/mol. The predicted molar refractivity (Wildman–Crippen MR) is 59.1 cm³/mol. The number of nitrogens with one attached hydrogen (secondary N) is 1. The summed E-state index contributed by atoms with van der Waals surface area (Å²) in [6.45, 7) is 0. The number of thioether (sulfide) groups is 1. The van der Waals surface area contributed by atoms with Gasteiger partial charge >= 0.3 is 6.18 Å². The highest BCUT2D eigenvalue weighted by Crippen LogP contribution is 2.38. The van der Waals surface area contributed by atoms with Gasteiger partial charge in [-0.3, -0.25) is 15.1 Å². The predicted octanol–water partition coefficient (Wildman–Crippen LogP) is 2.72. The van der Waals surface area contributed by atoms with Crippen molar-refractivity contribution in [2.24, 2.45) is 0 Å². The van der Waals surface area contributed by atoms with E-state index in [9.17, 15) is 18.0 Å². The molecule has 1 heterocycles. The van der Waals surface area contributed by atoms with E-state index in [0.717, 1.165) is 22.7 Å². The van der Waals surface area contributed by atoms with Crippen molar-refractivity contribution in [1.82, 2.24) is 0 Å². The van der Waals surface area contributed by atoms with Gasteiger partial charge in [-0.15, -0.1) is 0 Å². The lowest BCUT2D eigenvalue weighted by atomic mass is 10.1. The van der Waals surface area contributed by atoms with Crippen LogP contribution in [0.25, 0.3) is 0 Å². The van der Waals surface area contributed by atoms with Crippen molar-refractivity contribution in [2.75, 3.05) is 10.7 Å². The molecule has 0 saturated carbocycles. The Hall–Kier alpha value is -1.50. The molecule has 1 aromatic carbocycles. The van der Waals surface area contributed by atoms with E-state index >= 15 is 0 Å². The van der Waals surface area contributed by atoms with Crippen LogP contribution in [0.5, 0.6) is 0 Å². The number of alkyl halides is 3. The molecule has 2 rings (SSSR count). The van der Waals surface area contributed by atoms with Crippen molar-refractivity contribution in [3.63, 3.8) is 0 Å². The molecule has 1 amide bonds. The number of benzene rings is 1.